The predicted molar refractivity (Wildman–Crippen MR) is 203 cm³/mol. The normalized spacial score (nSPS) is 11.9. The van der Waals surface area contributed by atoms with Crippen molar-refractivity contribution in [3.05, 3.63) is 24.3 Å². The third-order valence-electron chi connectivity index (χ3n) is 8.86. The van der Waals surface area contributed by atoms with Crippen LogP contribution in [0.15, 0.2) is 24.3 Å². The molecule has 0 rings (SSSR count). The summed E-state index contributed by atoms with van der Waals surface area (Å²) in [5, 5.41) is 0. The summed E-state index contributed by atoms with van der Waals surface area (Å²) < 4.78 is 11.3. The Labute approximate surface area is 293 Å². The average molecular weight is 662 g/mol. The molecule has 0 aliphatic heterocycles. The average Bonchev–Trinajstić information content (AvgIpc) is 3.04. The summed E-state index contributed by atoms with van der Waals surface area (Å²) in [6.45, 7) is 5.40. The Bertz CT molecular complexity index is 678. The molecule has 0 N–H and O–H groups in total. The van der Waals surface area contributed by atoms with Crippen LogP contribution in [-0.2, 0) is 19.1 Å². The summed E-state index contributed by atoms with van der Waals surface area (Å²) >= 11 is 0. The molecule has 0 fully saturated rings. The number of nitrogens with zero attached hydrogens (tertiary/aromatic N) is 1. The fourth-order valence-corrected chi connectivity index (χ4v) is 5.81. The second kappa shape index (κ2) is 37.2. The van der Waals surface area contributed by atoms with Crippen LogP contribution in [0.1, 0.15) is 206 Å². The summed E-state index contributed by atoms with van der Waals surface area (Å²) in [6, 6.07) is 0. The first-order valence-electron chi connectivity index (χ1n) is 20.3. The molecule has 5 nitrogen and oxygen atoms in total. The van der Waals surface area contributed by atoms with Gasteiger partial charge in [0.15, 0.2) is 0 Å². The van der Waals surface area contributed by atoms with Gasteiger partial charge in [-0.15, -0.1) is 0 Å². The largest absolute Gasteiger partial charge is 0.425 e. The van der Waals surface area contributed by atoms with Crippen LogP contribution in [0.3, 0.4) is 0 Å². The monoisotopic (exact) mass is 662 g/mol. The Morgan fingerprint density at radius 2 is 0.787 bits per heavy atom. The number of carbonyl (C=O) groups is 2. The van der Waals surface area contributed by atoms with Crippen molar-refractivity contribution in [3.63, 3.8) is 0 Å². The summed E-state index contributed by atoms with van der Waals surface area (Å²) in [5.74, 6) is -0.488. The molecule has 0 saturated carbocycles. The predicted octanol–water partition coefficient (Wildman–Crippen LogP) is 12.8. The van der Waals surface area contributed by atoms with Gasteiger partial charge in [-0.1, -0.05) is 141 Å². The van der Waals surface area contributed by atoms with Gasteiger partial charge in [0.25, 0.3) is 0 Å². The highest BCUT2D eigenvalue weighted by atomic mass is 16.7. The van der Waals surface area contributed by atoms with Crippen LogP contribution >= 0.6 is 0 Å². The fraction of sp³-hybridized carbons (Fsp3) is 0.857. The molecule has 47 heavy (non-hydrogen) atoms. The van der Waals surface area contributed by atoms with Gasteiger partial charge >= 0.3 is 11.9 Å². The zero-order valence-electron chi connectivity index (χ0n) is 31.9. The Morgan fingerprint density at radius 1 is 0.468 bits per heavy atom. The number of rotatable bonds is 36. The Hall–Kier alpha value is -1.62. The Balaban J connectivity index is 3.96. The number of allylic oxidation sites excluding steroid dienone is 4. The number of hydrogen-bond acceptors (Lipinski definition) is 5. The van der Waals surface area contributed by atoms with Crippen LogP contribution in [0.25, 0.3) is 0 Å². The second-order valence-electron chi connectivity index (χ2n) is 14.0. The summed E-state index contributed by atoms with van der Waals surface area (Å²) in [6.07, 6.45) is 42.8. The van der Waals surface area contributed by atoms with Crippen molar-refractivity contribution >= 4 is 11.9 Å². The third-order valence-corrected chi connectivity index (χ3v) is 8.86. The van der Waals surface area contributed by atoms with E-state index in [0.717, 1.165) is 64.3 Å². The van der Waals surface area contributed by atoms with Gasteiger partial charge in [-0.2, -0.15) is 0 Å². The van der Waals surface area contributed by atoms with E-state index in [1.165, 1.54) is 116 Å². The first kappa shape index (κ1) is 45.4. The fourth-order valence-electron chi connectivity index (χ4n) is 5.81. The van der Waals surface area contributed by atoms with Crippen molar-refractivity contribution < 1.29 is 19.1 Å². The van der Waals surface area contributed by atoms with Crippen molar-refractivity contribution in [1.29, 1.82) is 0 Å². The van der Waals surface area contributed by atoms with Crippen molar-refractivity contribution in [2.45, 2.75) is 213 Å². The number of esters is 2. The second-order valence-corrected chi connectivity index (χ2v) is 14.0. The van der Waals surface area contributed by atoms with Crippen LogP contribution in [0.2, 0.25) is 0 Å². The van der Waals surface area contributed by atoms with E-state index in [0.29, 0.717) is 19.3 Å². The number of unbranched alkanes of at least 4 members (excludes halogenated alkanes) is 22. The highest BCUT2D eigenvalue weighted by molar-refractivity contribution is 5.71. The lowest BCUT2D eigenvalue weighted by Gasteiger charge is -2.19. The molecular formula is C42H79NO4. The minimum absolute atomic E-state index is 0.244. The maximum Gasteiger partial charge on any atom is 0.308 e. The lowest BCUT2D eigenvalue weighted by Crippen LogP contribution is -2.26. The van der Waals surface area contributed by atoms with E-state index in [9.17, 15) is 9.59 Å². The van der Waals surface area contributed by atoms with Gasteiger partial charge in [0.05, 0.1) is 0 Å². The van der Waals surface area contributed by atoms with Crippen molar-refractivity contribution in [2.24, 2.45) is 0 Å². The van der Waals surface area contributed by atoms with Gasteiger partial charge in [-0.05, 0) is 91.3 Å². The van der Waals surface area contributed by atoms with Crippen molar-refractivity contribution in [1.82, 2.24) is 4.90 Å². The topological polar surface area (TPSA) is 55.8 Å². The lowest BCUT2D eigenvalue weighted by molar-refractivity contribution is -0.189. The molecule has 0 bridgehead atoms. The van der Waals surface area contributed by atoms with Crippen LogP contribution in [0, 0.1) is 0 Å². The van der Waals surface area contributed by atoms with Gasteiger partial charge in [-0.25, -0.2) is 0 Å². The van der Waals surface area contributed by atoms with Gasteiger partial charge < -0.3 is 14.4 Å². The van der Waals surface area contributed by atoms with E-state index in [1.54, 1.807) is 0 Å². The van der Waals surface area contributed by atoms with E-state index in [-0.39, 0.29) is 11.9 Å². The van der Waals surface area contributed by atoms with Crippen molar-refractivity contribution in [2.75, 3.05) is 20.6 Å². The van der Waals surface area contributed by atoms with E-state index in [4.69, 9.17) is 9.47 Å². The molecule has 0 aromatic rings. The maximum atomic E-state index is 12.5. The van der Waals surface area contributed by atoms with Crippen LogP contribution in [0.5, 0.6) is 0 Å². The van der Waals surface area contributed by atoms with E-state index in [2.05, 4.69) is 43.1 Å². The molecule has 0 spiro atoms. The molecule has 276 valence electrons. The molecular weight excluding hydrogens is 582 g/mol. The highest BCUT2D eigenvalue weighted by Crippen LogP contribution is 2.15. The number of ether oxygens (including phenoxy) is 2. The molecule has 0 aromatic carbocycles. The van der Waals surface area contributed by atoms with Crippen LogP contribution in [-0.4, -0.2) is 43.8 Å². The zero-order valence-corrected chi connectivity index (χ0v) is 31.9. The molecule has 5 heteroatoms. The highest BCUT2D eigenvalue weighted by Gasteiger charge is 2.19. The molecule has 0 aliphatic carbocycles. The van der Waals surface area contributed by atoms with E-state index in [1.807, 2.05) is 14.1 Å². The SMILES string of the molecule is CCCCCCCC/C=C\CCCCCCCC(=O)OC(CCCN(C)C)OC(=O)CCCCCCC/C=C\CCCCCCCC. The molecule has 0 heterocycles. The van der Waals surface area contributed by atoms with Gasteiger partial charge in [-0.3, -0.25) is 9.59 Å². The minimum Gasteiger partial charge on any atom is -0.425 e. The van der Waals surface area contributed by atoms with E-state index >= 15 is 0 Å². The van der Waals surface area contributed by atoms with Gasteiger partial charge in [0, 0.05) is 19.3 Å². The third kappa shape index (κ3) is 37.1. The van der Waals surface area contributed by atoms with Crippen LogP contribution < -0.4 is 0 Å². The van der Waals surface area contributed by atoms with Gasteiger partial charge in [0.1, 0.15) is 0 Å². The molecule has 0 unspecified atom stereocenters. The molecule has 0 aromatic heterocycles. The number of hydrogen-bond donors (Lipinski definition) is 0. The quantitative estimate of drug-likeness (QED) is 0.0289. The zero-order chi connectivity index (χ0) is 34.5. The summed E-state index contributed by atoms with van der Waals surface area (Å²) in [5.41, 5.74) is 0. The number of carbonyl (C=O) groups excluding carboxylic acids is 2. The Morgan fingerprint density at radius 3 is 1.13 bits per heavy atom. The molecule has 0 atom stereocenters. The summed E-state index contributed by atoms with van der Waals surface area (Å²) in [4.78, 5) is 27.2. The lowest BCUT2D eigenvalue weighted by atomic mass is 10.1. The smallest absolute Gasteiger partial charge is 0.308 e. The molecule has 0 aliphatic rings. The minimum atomic E-state index is -0.763. The standard InChI is InChI=1S/C42H79NO4/c1-5-7-9-11-13-15-17-19-21-23-25-27-29-31-33-36-40(44)46-42(38-35-39-43(3)4)47-41(45)37-34-32-30-28-26-24-22-20-18-16-14-12-10-8-6-2/h19-22,42H,5-18,23-39H2,1-4H3/b21-19-,22-20-. The van der Waals surface area contributed by atoms with E-state index < -0.39 is 6.29 Å². The Kier molecular flexibility index (Phi) is 35.9. The molecule has 0 amide bonds. The van der Waals surface area contributed by atoms with Gasteiger partial charge in [0.2, 0.25) is 6.29 Å². The maximum absolute atomic E-state index is 12.5. The first-order valence-corrected chi connectivity index (χ1v) is 20.3. The molecule has 0 radical (unpaired) electrons. The summed E-state index contributed by atoms with van der Waals surface area (Å²) in [7, 11) is 4.04. The van der Waals surface area contributed by atoms with Crippen molar-refractivity contribution in [3.8, 4) is 0 Å². The molecule has 0 saturated heterocycles. The van der Waals surface area contributed by atoms with Crippen LogP contribution in [0.4, 0.5) is 0 Å². The first-order chi connectivity index (χ1) is 23.0.